The first kappa shape index (κ1) is 10.3. The summed E-state index contributed by atoms with van der Waals surface area (Å²) < 4.78 is 12.8. The minimum absolute atomic E-state index is 0.150. The molecule has 1 heterocycles. The van der Waals surface area contributed by atoms with E-state index in [0.29, 0.717) is 0 Å². The third-order valence-electron chi connectivity index (χ3n) is 2.37. The fourth-order valence-electron chi connectivity index (χ4n) is 1.62. The van der Waals surface area contributed by atoms with E-state index in [1.54, 1.807) is 11.3 Å². The van der Waals surface area contributed by atoms with Crippen LogP contribution in [-0.2, 0) is 0 Å². The number of thiophene rings is 1. The summed E-state index contributed by atoms with van der Waals surface area (Å²) in [6, 6.07) is 8.84. The van der Waals surface area contributed by atoms with Crippen LogP contribution in [-0.4, -0.2) is 7.05 Å². The molecular weight excluding hydrogens is 209 g/mol. The zero-order chi connectivity index (χ0) is 10.7. The molecule has 2 rings (SSSR count). The van der Waals surface area contributed by atoms with Gasteiger partial charge in [0, 0.05) is 0 Å². The first-order valence-electron chi connectivity index (χ1n) is 4.76. The lowest BCUT2D eigenvalue weighted by Gasteiger charge is -2.15. The molecule has 1 N–H and O–H groups in total. The van der Waals surface area contributed by atoms with E-state index in [1.165, 1.54) is 17.7 Å². The van der Waals surface area contributed by atoms with Gasteiger partial charge in [0.25, 0.3) is 0 Å². The van der Waals surface area contributed by atoms with Crippen molar-refractivity contribution in [1.82, 2.24) is 5.32 Å². The van der Waals surface area contributed by atoms with Crippen LogP contribution in [0.5, 0.6) is 0 Å². The molecule has 1 aromatic carbocycles. The Kier molecular flexibility index (Phi) is 3.14. The van der Waals surface area contributed by atoms with Crippen molar-refractivity contribution in [3.8, 4) is 0 Å². The van der Waals surface area contributed by atoms with E-state index in [4.69, 9.17) is 0 Å². The van der Waals surface area contributed by atoms with Crippen molar-refractivity contribution >= 4 is 11.3 Å². The van der Waals surface area contributed by atoms with Gasteiger partial charge in [-0.2, -0.15) is 11.3 Å². The molecule has 0 aliphatic rings. The van der Waals surface area contributed by atoms with Crippen LogP contribution >= 0.6 is 11.3 Å². The first-order chi connectivity index (χ1) is 7.31. The van der Waals surface area contributed by atoms with Crippen LogP contribution in [0.25, 0.3) is 0 Å². The van der Waals surface area contributed by atoms with Crippen LogP contribution in [0.2, 0.25) is 0 Å². The maximum absolute atomic E-state index is 12.8. The van der Waals surface area contributed by atoms with Gasteiger partial charge in [-0.3, -0.25) is 0 Å². The summed E-state index contributed by atoms with van der Waals surface area (Å²) in [7, 11) is 1.91. The van der Waals surface area contributed by atoms with Crippen LogP contribution in [0.15, 0.2) is 41.1 Å². The van der Waals surface area contributed by atoms with Crippen molar-refractivity contribution in [2.45, 2.75) is 6.04 Å². The van der Waals surface area contributed by atoms with Crippen molar-refractivity contribution in [2.75, 3.05) is 7.05 Å². The second-order valence-electron chi connectivity index (χ2n) is 3.33. The van der Waals surface area contributed by atoms with Gasteiger partial charge in [0.15, 0.2) is 0 Å². The summed E-state index contributed by atoms with van der Waals surface area (Å²) in [6.07, 6.45) is 0. The van der Waals surface area contributed by atoms with Gasteiger partial charge < -0.3 is 5.32 Å². The van der Waals surface area contributed by atoms with Crippen LogP contribution in [0.1, 0.15) is 17.2 Å². The van der Waals surface area contributed by atoms with E-state index in [-0.39, 0.29) is 11.9 Å². The largest absolute Gasteiger partial charge is 0.309 e. The highest BCUT2D eigenvalue weighted by molar-refractivity contribution is 7.08. The van der Waals surface area contributed by atoms with Gasteiger partial charge in [-0.15, -0.1) is 0 Å². The summed E-state index contributed by atoms with van der Waals surface area (Å²) in [5, 5.41) is 7.37. The van der Waals surface area contributed by atoms with Crippen LogP contribution in [0.4, 0.5) is 4.39 Å². The van der Waals surface area contributed by atoms with Crippen molar-refractivity contribution in [2.24, 2.45) is 0 Å². The Bertz CT molecular complexity index is 408. The molecule has 0 saturated carbocycles. The molecule has 15 heavy (non-hydrogen) atoms. The molecule has 1 nitrogen and oxygen atoms in total. The Balaban J connectivity index is 2.31. The van der Waals surface area contributed by atoms with E-state index >= 15 is 0 Å². The number of nitrogens with one attached hydrogen (secondary N) is 1. The summed E-state index contributed by atoms with van der Waals surface area (Å²) in [6.45, 7) is 0. The zero-order valence-electron chi connectivity index (χ0n) is 8.41. The van der Waals surface area contributed by atoms with Crippen molar-refractivity contribution in [3.63, 3.8) is 0 Å². The fraction of sp³-hybridized carbons (Fsp3) is 0.167. The van der Waals surface area contributed by atoms with Gasteiger partial charge in [-0.1, -0.05) is 12.1 Å². The van der Waals surface area contributed by atoms with E-state index in [2.05, 4.69) is 16.8 Å². The third kappa shape index (κ3) is 2.25. The van der Waals surface area contributed by atoms with E-state index < -0.39 is 0 Å². The van der Waals surface area contributed by atoms with Gasteiger partial charge in [-0.05, 0) is 47.1 Å². The maximum Gasteiger partial charge on any atom is 0.123 e. The lowest BCUT2D eigenvalue weighted by Crippen LogP contribution is -2.16. The Morgan fingerprint density at radius 3 is 2.40 bits per heavy atom. The first-order valence-corrected chi connectivity index (χ1v) is 5.70. The topological polar surface area (TPSA) is 12.0 Å². The quantitative estimate of drug-likeness (QED) is 0.839. The van der Waals surface area contributed by atoms with E-state index in [9.17, 15) is 4.39 Å². The highest BCUT2D eigenvalue weighted by atomic mass is 32.1. The smallest absolute Gasteiger partial charge is 0.123 e. The highest BCUT2D eigenvalue weighted by Gasteiger charge is 2.11. The summed E-state index contributed by atoms with van der Waals surface area (Å²) in [5.74, 6) is -0.195. The molecule has 0 radical (unpaired) electrons. The predicted octanol–water partition coefficient (Wildman–Crippen LogP) is 3.20. The molecule has 0 aliphatic heterocycles. The summed E-state index contributed by atoms with van der Waals surface area (Å²) in [4.78, 5) is 0. The average Bonchev–Trinajstić information content (AvgIpc) is 2.75. The molecule has 3 heteroatoms. The molecule has 1 aromatic heterocycles. The van der Waals surface area contributed by atoms with Crippen LogP contribution in [0, 0.1) is 5.82 Å². The Morgan fingerprint density at radius 2 is 1.87 bits per heavy atom. The maximum atomic E-state index is 12.8. The average molecular weight is 221 g/mol. The Hall–Kier alpha value is -1.19. The number of hydrogen-bond acceptors (Lipinski definition) is 2. The number of hydrogen-bond donors (Lipinski definition) is 1. The van der Waals surface area contributed by atoms with E-state index in [0.717, 1.165) is 5.56 Å². The molecular formula is C12H12FNS. The minimum Gasteiger partial charge on any atom is -0.309 e. The van der Waals surface area contributed by atoms with Crippen LogP contribution < -0.4 is 5.32 Å². The van der Waals surface area contributed by atoms with E-state index in [1.807, 2.05) is 24.6 Å². The summed E-state index contributed by atoms with van der Waals surface area (Å²) >= 11 is 1.67. The molecule has 0 saturated heterocycles. The van der Waals surface area contributed by atoms with Crippen LogP contribution in [0.3, 0.4) is 0 Å². The molecule has 0 spiro atoms. The molecule has 0 bridgehead atoms. The molecule has 2 aromatic rings. The lowest BCUT2D eigenvalue weighted by atomic mass is 10.0. The Morgan fingerprint density at radius 1 is 1.13 bits per heavy atom. The minimum atomic E-state index is -0.195. The lowest BCUT2D eigenvalue weighted by molar-refractivity contribution is 0.623. The van der Waals surface area contributed by atoms with Gasteiger partial charge in [0.05, 0.1) is 6.04 Å². The highest BCUT2D eigenvalue weighted by Crippen LogP contribution is 2.23. The van der Waals surface area contributed by atoms with Crippen molar-refractivity contribution in [1.29, 1.82) is 0 Å². The molecule has 0 fully saturated rings. The van der Waals surface area contributed by atoms with Crippen molar-refractivity contribution in [3.05, 3.63) is 58.0 Å². The predicted molar refractivity (Wildman–Crippen MR) is 61.6 cm³/mol. The molecule has 0 amide bonds. The van der Waals surface area contributed by atoms with Gasteiger partial charge in [-0.25, -0.2) is 4.39 Å². The van der Waals surface area contributed by atoms with Gasteiger partial charge in [0.1, 0.15) is 5.82 Å². The van der Waals surface area contributed by atoms with Crippen molar-refractivity contribution < 1.29 is 4.39 Å². The van der Waals surface area contributed by atoms with Gasteiger partial charge >= 0.3 is 0 Å². The Labute approximate surface area is 92.6 Å². The normalized spacial score (nSPS) is 12.7. The fourth-order valence-corrected chi connectivity index (χ4v) is 2.31. The molecule has 1 atom stereocenters. The molecule has 78 valence electrons. The summed E-state index contributed by atoms with van der Waals surface area (Å²) in [5.41, 5.74) is 2.30. The molecule has 1 unspecified atom stereocenters. The SMILES string of the molecule is CNC(c1ccc(F)cc1)c1ccsc1. The standard InChI is InChI=1S/C12H12FNS/c1-14-12(10-6-7-15-8-10)9-2-4-11(13)5-3-9/h2-8,12,14H,1H3. The third-order valence-corrected chi connectivity index (χ3v) is 3.07. The second kappa shape index (κ2) is 4.55. The zero-order valence-corrected chi connectivity index (χ0v) is 9.22. The number of halogens is 1. The second-order valence-corrected chi connectivity index (χ2v) is 4.11. The monoisotopic (exact) mass is 221 g/mol. The molecule has 0 aliphatic carbocycles. The van der Waals surface area contributed by atoms with Gasteiger partial charge in [0.2, 0.25) is 0 Å². The number of benzene rings is 1. The number of rotatable bonds is 3.